The molecule has 0 aliphatic carbocycles. The summed E-state index contributed by atoms with van der Waals surface area (Å²) >= 11 is 0. The van der Waals surface area contributed by atoms with E-state index in [1.165, 1.54) is 18.4 Å². The molecular formula is C19H24N2O2. The Kier molecular flexibility index (Phi) is 4.35. The largest absolute Gasteiger partial charge is 0.492 e. The molecule has 4 nitrogen and oxygen atoms in total. The Morgan fingerprint density at radius 3 is 2.70 bits per heavy atom. The Labute approximate surface area is 137 Å². The highest BCUT2D eigenvalue weighted by molar-refractivity contribution is 5.33. The van der Waals surface area contributed by atoms with E-state index in [1.54, 1.807) is 6.26 Å². The monoisotopic (exact) mass is 312 g/mol. The molecule has 23 heavy (non-hydrogen) atoms. The molecule has 1 aromatic heterocycles. The molecule has 0 amide bonds. The minimum absolute atomic E-state index is 0.664. The highest BCUT2D eigenvalue weighted by Crippen LogP contribution is 2.26. The topological polar surface area (TPSA) is 28.9 Å². The summed E-state index contributed by atoms with van der Waals surface area (Å²) in [6.07, 6.45) is 4.21. The van der Waals surface area contributed by atoms with Gasteiger partial charge in [0.25, 0.3) is 0 Å². The van der Waals surface area contributed by atoms with Gasteiger partial charge in [0.1, 0.15) is 18.1 Å². The molecule has 0 saturated carbocycles. The lowest BCUT2D eigenvalue weighted by Gasteiger charge is -2.37. The molecule has 3 heterocycles. The summed E-state index contributed by atoms with van der Waals surface area (Å²) in [6, 6.07) is 13.1. The van der Waals surface area contributed by atoms with E-state index in [0.717, 1.165) is 50.8 Å². The number of para-hydroxylation sites is 1. The van der Waals surface area contributed by atoms with Crippen LogP contribution in [-0.4, -0.2) is 42.1 Å². The van der Waals surface area contributed by atoms with Crippen LogP contribution in [0.3, 0.4) is 0 Å². The van der Waals surface area contributed by atoms with E-state index in [9.17, 15) is 0 Å². The van der Waals surface area contributed by atoms with Crippen LogP contribution in [0.15, 0.2) is 47.1 Å². The SMILES string of the molecule is c1coc(CN2CCC(N3CCOc4ccccc4C3)CC2)c1. The molecule has 1 saturated heterocycles. The van der Waals surface area contributed by atoms with Crippen molar-refractivity contribution in [3.8, 4) is 5.75 Å². The molecule has 1 fully saturated rings. The van der Waals surface area contributed by atoms with Gasteiger partial charge in [-0.25, -0.2) is 0 Å². The van der Waals surface area contributed by atoms with Crippen LogP contribution in [0.5, 0.6) is 5.75 Å². The second-order valence-electron chi connectivity index (χ2n) is 6.51. The van der Waals surface area contributed by atoms with Crippen LogP contribution in [0, 0.1) is 0 Å². The summed E-state index contributed by atoms with van der Waals surface area (Å²) in [4.78, 5) is 5.10. The molecule has 0 radical (unpaired) electrons. The van der Waals surface area contributed by atoms with Gasteiger partial charge in [0.05, 0.1) is 12.8 Å². The van der Waals surface area contributed by atoms with Gasteiger partial charge in [-0.2, -0.15) is 0 Å². The zero-order valence-corrected chi connectivity index (χ0v) is 13.5. The minimum atomic E-state index is 0.664. The molecule has 0 spiro atoms. The van der Waals surface area contributed by atoms with Gasteiger partial charge < -0.3 is 9.15 Å². The molecule has 122 valence electrons. The third kappa shape index (κ3) is 3.43. The molecule has 1 aromatic carbocycles. The standard InChI is InChI=1S/C19H24N2O2/c1-2-6-19-16(4-1)14-21(11-13-23-19)17-7-9-20(10-8-17)15-18-5-3-12-22-18/h1-6,12,17H,7-11,13-15H2. The second-order valence-corrected chi connectivity index (χ2v) is 6.51. The summed E-state index contributed by atoms with van der Waals surface area (Å²) in [6.45, 7) is 6.06. The van der Waals surface area contributed by atoms with Crippen LogP contribution in [-0.2, 0) is 13.1 Å². The zero-order valence-electron chi connectivity index (χ0n) is 13.5. The van der Waals surface area contributed by atoms with E-state index in [1.807, 2.05) is 6.07 Å². The van der Waals surface area contributed by atoms with Crippen molar-refractivity contribution in [3.63, 3.8) is 0 Å². The molecule has 0 bridgehead atoms. The number of hydrogen-bond acceptors (Lipinski definition) is 4. The lowest BCUT2D eigenvalue weighted by Crippen LogP contribution is -2.45. The Morgan fingerprint density at radius 1 is 1.00 bits per heavy atom. The third-order valence-electron chi connectivity index (χ3n) is 5.02. The molecule has 0 atom stereocenters. The summed E-state index contributed by atoms with van der Waals surface area (Å²) in [7, 11) is 0. The van der Waals surface area contributed by atoms with E-state index in [0.29, 0.717) is 6.04 Å². The van der Waals surface area contributed by atoms with Crippen molar-refractivity contribution in [3.05, 3.63) is 54.0 Å². The average Bonchev–Trinajstić information content (AvgIpc) is 2.99. The van der Waals surface area contributed by atoms with Crippen molar-refractivity contribution in [2.75, 3.05) is 26.2 Å². The van der Waals surface area contributed by atoms with Crippen molar-refractivity contribution in [2.45, 2.75) is 32.0 Å². The number of piperidine rings is 1. The summed E-state index contributed by atoms with van der Waals surface area (Å²) in [5.41, 5.74) is 1.32. The smallest absolute Gasteiger partial charge is 0.123 e. The van der Waals surface area contributed by atoms with Gasteiger partial charge in [-0.15, -0.1) is 0 Å². The first-order chi connectivity index (χ1) is 11.4. The average molecular weight is 312 g/mol. The molecular weight excluding hydrogens is 288 g/mol. The number of hydrogen-bond donors (Lipinski definition) is 0. The Bertz CT molecular complexity index is 618. The van der Waals surface area contributed by atoms with Crippen molar-refractivity contribution >= 4 is 0 Å². The summed E-state index contributed by atoms with van der Waals surface area (Å²) in [5.74, 6) is 2.13. The molecule has 2 aliphatic rings. The van der Waals surface area contributed by atoms with Crippen LogP contribution >= 0.6 is 0 Å². The van der Waals surface area contributed by atoms with Crippen LogP contribution in [0.25, 0.3) is 0 Å². The number of nitrogens with zero attached hydrogens (tertiary/aromatic N) is 2. The predicted molar refractivity (Wildman–Crippen MR) is 89.4 cm³/mol. The Hall–Kier alpha value is -1.78. The first-order valence-corrected chi connectivity index (χ1v) is 8.58. The first kappa shape index (κ1) is 14.8. The van der Waals surface area contributed by atoms with E-state index < -0.39 is 0 Å². The number of ether oxygens (including phenoxy) is 1. The van der Waals surface area contributed by atoms with Crippen LogP contribution in [0.4, 0.5) is 0 Å². The van der Waals surface area contributed by atoms with Gasteiger partial charge in [-0.3, -0.25) is 9.80 Å². The second kappa shape index (κ2) is 6.77. The molecule has 0 unspecified atom stereocenters. The number of likely N-dealkylation sites (tertiary alicyclic amines) is 1. The lowest BCUT2D eigenvalue weighted by molar-refractivity contribution is 0.0906. The molecule has 4 heteroatoms. The van der Waals surface area contributed by atoms with Gasteiger partial charge in [-0.1, -0.05) is 18.2 Å². The molecule has 2 aromatic rings. The van der Waals surface area contributed by atoms with E-state index in [4.69, 9.17) is 9.15 Å². The molecule has 4 rings (SSSR count). The van der Waals surface area contributed by atoms with E-state index in [2.05, 4.69) is 40.1 Å². The number of benzene rings is 1. The van der Waals surface area contributed by atoms with E-state index >= 15 is 0 Å². The van der Waals surface area contributed by atoms with Gasteiger partial charge in [0.2, 0.25) is 0 Å². The normalized spacial score (nSPS) is 20.7. The zero-order chi connectivity index (χ0) is 15.5. The number of rotatable bonds is 3. The van der Waals surface area contributed by atoms with Crippen molar-refractivity contribution in [1.29, 1.82) is 0 Å². The molecule has 0 N–H and O–H groups in total. The Balaban J connectivity index is 1.35. The molecule has 2 aliphatic heterocycles. The van der Waals surface area contributed by atoms with Crippen LogP contribution < -0.4 is 4.74 Å². The number of furan rings is 1. The lowest BCUT2D eigenvalue weighted by atomic mass is 10.0. The van der Waals surface area contributed by atoms with Crippen molar-refractivity contribution < 1.29 is 9.15 Å². The third-order valence-corrected chi connectivity index (χ3v) is 5.02. The van der Waals surface area contributed by atoms with Crippen LogP contribution in [0.2, 0.25) is 0 Å². The quantitative estimate of drug-likeness (QED) is 0.870. The number of fused-ring (bicyclic) bond motifs is 1. The van der Waals surface area contributed by atoms with Gasteiger partial charge >= 0.3 is 0 Å². The summed E-state index contributed by atoms with van der Waals surface area (Å²) < 4.78 is 11.4. The fraction of sp³-hybridized carbons (Fsp3) is 0.474. The predicted octanol–water partition coefficient (Wildman–Crippen LogP) is 3.14. The minimum Gasteiger partial charge on any atom is -0.492 e. The van der Waals surface area contributed by atoms with Gasteiger partial charge in [0, 0.05) is 37.8 Å². The van der Waals surface area contributed by atoms with Crippen molar-refractivity contribution in [2.24, 2.45) is 0 Å². The van der Waals surface area contributed by atoms with Crippen LogP contribution in [0.1, 0.15) is 24.2 Å². The maximum atomic E-state index is 5.90. The van der Waals surface area contributed by atoms with Crippen molar-refractivity contribution in [1.82, 2.24) is 9.80 Å². The first-order valence-electron chi connectivity index (χ1n) is 8.58. The fourth-order valence-corrected chi connectivity index (χ4v) is 3.72. The van der Waals surface area contributed by atoms with E-state index in [-0.39, 0.29) is 0 Å². The highest BCUT2D eigenvalue weighted by Gasteiger charge is 2.26. The Morgan fingerprint density at radius 2 is 1.87 bits per heavy atom. The fourth-order valence-electron chi connectivity index (χ4n) is 3.72. The highest BCUT2D eigenvalue weighted by atomic mass is 16.5. The summed E-state index contributed by atoms with van der Waals surface area (Å²) in [5, 5.41) is 0. The maximum absolute atomic E-state index is 5.90. The van der Waals surface area contributed by atoms with Gasteiger partial charge in [-0.05, 0) is 31.0 Å². The maximum Gasteiger partial charge on any atom is 0.123 e. The van der Waals surface area contributed by atoms with Gasteiger partial charge in [0.15, 0.2) is 0 Å².